The van der Waals surface area contributed by atoms with Gasteiger partial charge in [0.05, 0.1) is 9.79 Å². The fourth-order valence-electron chi connectivity index (χ4n) is 1.61. The molecule has 0 aliphatic rings. The molecule has 0 unspecified atom stereocenters. The van der Waals surface area contributed by atoms with E-state index in [0.717, 1.165) is 11.8 Å². The molecule has 4 nitrogen and oxygen atoms in total. The normalized spacial score (nSPS) is 10.6. The molecule has 4 N–H and O–H groups in total. The Labute approximate surface area is 115 Å². The van der Waals surface area contributed by atoms with Crippen molar-refractivity contribution in [3.63, 3.8) is 0 Å². The molecule has 2 aromatic rings. The van der Waals surface area contributed by atoms with Crippen molar-refractivity contribution in [2.75, 3.05) is 0 Å². The van der Waals surface area contributed by atoms with Crippen LogP contribution in [0.3, 0.4) is 0 Å². The predicted molar refractivity (Wildman–Crippen MR) is 73.1 cm³/mol. The molecule has 0 radical (unpaired) electrons. The molecule has 0 aliphatic carbocycles. The molecular formula is C14H14O4S. The molecule has 0 spiro atoms. The summed E-state index contributed by atoms with van der Waals surface area (Å²) in [4.78, 5) is 0.809. The zero-order chi connectivity index (χ0) is 14.2. The van der Waals surface area contributed by atoms with Crippen LogP contribution in [0.15, 0.2) is 34.1 Å². The maximum atomic E-state index is 9.84. The summed E-state index contributed by atoms with van der Waals surface area (Å²) >= 11 is 1.07. The number of rotatable bonds is 2. The van der Waals surface area contributed by atoms with Gasteiger partial charge in [0.2, 0.25) is 0 Å². The Balaban J connectivity index is 2.43. The number of benzene rings is 2. The lowest BCUT2D eigenvalue weighted by atomic mass is 10.2. The average molecular weight is 278 g/mol. The van der Waals surface area contributed by atoms with Gasteiger partial charge in [0.1, 0.15) is 0 Å². The van der Waals surface area contributed by atoms with Gasteiger partial charge in [-0.05, 0) is 37.1 Å². The second kappa shape index (κ2) is 4.93. The number of aromatic hydroxyl groups is 4. The molecule has 2 aromatic carbocycles. The molecule has 0 atom stereocenters. The van der Waals surface area contributed by atoms with Gasteiger partial charge in [0, 0.05) is 0 Å². The van der Waals surface area contributed by atoms with Crippen molar-refractivity contribution in [1.29, 1.82) is 0 Å². The summed E-state index contributed by atoms with van der Waals surface area (Å²) in [5.41, 5.74) is 1.13. The first-order valence-corrected chi connectivity index (χ1v) is 6.44. The Bertz CT molecular complexity index is 582. The topological polar surface area (TPSA) is 80.9 Å². The summed E-state index contributed by atoms with van der Waals surface area (Å²) in [5.74, 6) is -0.824. The standard InChI is InChI=1S/C14H14O4S/c1-7-3-5-9(13(17)11(7)15)19-10-6-4-8(2)12(16)14(10)18/h3-6,15-18H,1-2H3. The van der Waals surface area contributed by atoms with Gasteiger partial charge in [0.25, 0.3) is 0 Å². The second-order valence-electron chi connectivity index (χ2n) is 4.26. The molecule has 2 rings (SSSR count). The zero-order valence-corrected chi connectivity index (χ0v) is 11.3. The molecule has 0 aliphatic heterocycles. The minimum atomic E-state index is -0.232. The molecule has 0 saturated carbocycles. The Morgan fingerprint density at radius 1 is 0.632 bits per heavy atom. The van der Waals surface area contributed by atoms with Gasteiger partial charge in [-0.25, -0.2) is 0 Å². The smallest absolute Gasteiger partial charge is 0.171 e. The van der Waals surface area contributed by atoms with E-state index in [-0.39, 0.29) is 23.0 Å². The van der Waals surface area contributed by atoms with E-state index < -0.39 is 0 Å². The fraction of sp³-hybridized carbons (Fsp3) is 0.143. The van der Waals surface area contributed by atoms with Crippen molar-refractivity contribution in [3.8, 4) is 23.0 Å². The third-order valence-electron chi connectivity index (χ3n) is 2.85. The van der Waals surface area contributed by atoms with Crippen LogP contribution in [-0.2, 0) is 0 Å². The maximum Gasteiger partial charge on any atom is 0.171 e. The summed E-state index contributed by atoms with van der Waals surface area (Å²) in [6.07, 6.45) is 0. The number of hydrogen-bond acceptors (Lipinski definition) is 5. The van der Waals surface area contributed by atoms with Gasteiger partial charge in [-0.3, -0.25) is 0 Å². The van der Waals surface area contributed by atoms with Gasteiger partial charge in [0.15, 0.2) is 23.0 Å². The molecule has 0 heterocycles. The van der Waals surface area contributed by atoms with Crippen LogP contribution < -0.4 is 0 Å². The van der Waals surface area contributed by atoms with Crippen LogP contribution in [0.25, 0.3) is 0 Å². The van der Waals surface area contributed by atoms with E-state index >= 15 is 0 Å². The monoisotopic (exact) mass is 278 g/mol. The van der Waals surface area contributed by atoms with Crippen molar-refractivity contribution in [2.24, 2.45) is 0 Å². The summed E-state index contributed by atoms with van der Waals surface area (Å²) < 4.78 is 0. The van der Waals surface area contributed by atoms with E-state index in [0.29, 0.717) is 20.9 Å². The largest absolute Gasteiger partial charge is 0.504 e. The van der Waals surface area contributed by atoms with Gasteiger partial charge in [-0.1, -0.05) is 23.9 Å². The number of phenols is 4. The highest BCUT2D eigenvalue weighted by molar-refractivity contribution is 7.99. The highest BCUT2D eigenvalue weighted by Gasteiger charge is 2.15. The average Bonchev–Trinajstić information content (AvgIpc) is 2.39. The van der Waals surface area contributed by atoms with Crippen LogP contribution in [0.2, 0.25) is 0 Å². The van der Waals surface area contributed by atoms with E-state index in [9.17, 15) is 20.4 Å². The molecule has 0 saturated heterocycles. The van der Waals surface area contributed by atoms with E-state index in [4.69, 9.17) is 0 Å². The van der Waals surface area contributed by atoms with Crippen LogP contribution >= 0.6 is 11.8 Å². The quantitative estimate of drug-likeness (QED) is 0.634. The SMILES string of the molecule is Cc1ccc(Sc2ccc(C)c(O)c2O)c(O)c1O. The maximum absolute atomic E-state index is 9.84. The van der Waals surface area contributed by atoms with Crippen LogP contribution in [0.5, 0.6) is 23.0 Å². The molecule has 5 heteroatoms. The zero-order valence-electron chi connectivity index (χ0n) is 10.5. The molecular weight excluding hydrogens is 264 g/mol. The van der Waals surface area contributed by atoms with Crippen molar-refractivity contribution in [1.82, 2.24) is 0 Å². The van der Waals surface area contributed by atoms with Crippen molar-refractivity contribution >= 4 is 11.8 Å². The summed E-state index contributed by atoms with van der Waals surface area (Å²) in [6, 6.07) is 6.63. The van der Waals surface area contributed by atoms with Gasteiger partial charge in [-0.15, -0.1) is 0 Å². The van der Waals surface area contributed by atoms with Gasteiger partial charge >= 0.3 is 0 Å². The molecule has 0 bridgehead atoms. The first kappa shape index (κ1) is 13.4. The Morgan fingerprint density at radius 3 is 1.37 bits per heavy atom. The lowest BCUT2D eigenvalue weighted by Crippen LogP contribution is -1.83. The minimum Gasteiger partial charge on any atom is -0.504 e. The third-order valence-corrected chi connectivity index (χ3v) is 3.95. The summed E-state index contributed by atoms with van der Waals surface area (Å²) in [5, 5.41) is 39.0. The van der Waals surface area contributed by atoms with Crippen LogP contribution in [0.1, 0.15) is 11.1 Å². The Morgan fingerprint density at radius 2 is 1.00 bits per heavy atom. The molecule has 0 amide bonds. The molecule has 100 valence electrons. The highest BCUT2D eigenvalue weighted by Crippen LogP contribution is 2.46. The van der Waals surface area contributed by atoms with Crippen LogP contribution in [0, 0.1) is 13.8 Å². The van der Waals surface area contributed by atoms with Crippen LogP contribution in [0.4, 0.5) is 0 Å². The van der Waals surface area contributed by atoms with Gasteiger partial charge < -0.3 is 20.4 Å². The van der Waals surface area contributed by atoms with Gasteiger partial charge in [-0.2, -0.15) is 0 Å². The molecule has 19 heavy (non-hydrogen) atoms. The number of hydrogen-bond donors (Lipinski definition) is 4. The van der Waals surface area contributed by atoms with E-state index in [2.05, 4.69) is 0 Å². The van der Waals surface area contributed by atoms with E-state index in [1.165, 1.54) is 0 Å². The first-order chi connectivity index (χ1) is 8.91. The molecule has 0 fully saturated rings. The second-order valence-corrected chi connectivity index (χ2v) is 5.34. The predicted octanol–water partition coefficient (Wildman–Crippen LogP) is 3.28. The van der Waals surface area contributed by atoms with Crippen molar-refractivity contribution < 1.29 is 20.4 Å². The van der Waals surface area contributed by atoms with Crippen molar-refractivity contribution in [3.05, 3.63) is 35.4 Å². The fourth-order valence-corrected chi connectivity index (χ4v) is 2.50. The third kappa shape index (κ3) is 2.42. The Kier molecular flexibility index (Phi) is 3.48. The summed E-state index contributed by atoms with van der Waals surface area (Å²) in [7, 11) is 0. The lowest BCUT2D eigenvalue weighted by molar-refractivity contribution is 0.390. The van der Waals surface area contributed by atoms with Crippen molar-refractivity contribution in [2.45, 2.75) is 23.6 Å². The molecule has 0 aromatic heterocycles. The summed E-state index contributed by atoms with van der Waals surface area (Å²) in [6.45, 7) is 3.36. The lowest BCUT2D eigenvalue weighted by Gasteiger charge is -2.10. The van der Waals surface area contributed by atoms with E-state index in [1.807, 2.05) is 0 Å². The number of phenolic OH excluding ortho intramolecular Hbond substituents is 4. The Hall–Kier alpha value is -2.01. The van der Waals surface area contributed by atoms with Crippen LogP contribution in [-0.4, -0.2) is 20.4 Å². The minimum absolute atomic E-state index is 0.180. The first-order valence-electron chi connectivity index (χ1n) is 5.62. The van der Waals surface area contributed by atoms with E-state index in [1.54, 1.807) is 38.1 Å². The highest BCUT2D eigenvalue weighted by atomic mass is 32.2. The number of aryl methyl sites for hydroxylation is 2.